The number of nitrogens with zero attached hydrogens (tertiary/aromatic N) is 3. The second kappa shape index (κ2) is 7.89. The lowest BCUT2D eigenvalue weighted by atomic mass is 10.1. The summed E-state index contributed by atoms with van der Waals surface area (Å²) in [5.74, 6) is 0.700. The Morgan fingerprint density at radius 3 is 2.64 bits per heavy atom. The SMILES string of the molecule is COc1ccc(OC2CCCN(C(=O)c3ccc(Cl)cc3Cl)C2)nn1. The van der Waals surface area contributed by atoms with Gasteiger partial charge in [-0.15, -0.1) is 10.2 Å². The first-order valence-electron chi connectivity index (χ1n) is 7.85. The third-order valence-corrected chi connectivity index (χ3v) is 4.49. The Hall–Kier alpha value is -2.05. The van der Waals surface area contributed by atoms with Crippen molar-refractivity contribution in [3.05, 3.63) is 45.9 Å². The van der Waals surface area contributed by atoms with Crippen molar-refractivity contribution in [3.8, 4) is 11.8 Å². The van der Waals surface area contributed by atoms with Crippen molar-refractivity contribution in [2.45, 2.75) is 18.9 Å². The zero-order valence-corrected chi connectivity index (χ0v) is 15.1. The van der Waals surface area contributed by atoms with Gasteiger partial charge < -0.3 is 14.4 Å². The van der Waals surface area contributed by atoms with Crippen LogP contribution in [0.2, 0.25) is 10.0 Å². The molecule has 8 heteroatoms. The first-order valence-corrected chi connectivity index (χ1v) is 8.61. The largest absolute Gasteiger partial charge is 0.480 e. The Kier molecular flexibility index (Phi) is 5.60. The van der Waals surface area contributed by atoms with E-state index in [9.17, 15) is 4.79 Å². The molecule has 2 heterocycles. The molecule has 2 aromatic rings. The summed E-state index contributed by atoms with van der Waals surface area (Å²) < 4.78 is 10.8. The van der Waals surface area contributed by atoms with E-state index in [1.807, 2.05) is 0 Å². The van der Waals surface area contributed by atoms with Crippen LogP contribution in [0, 0.1) is 0 Å². The number of methoxy groups -OCH3 is 1. The Balaban J connectivity index is 1.66. The van der Waals surface area contributed by atoms with Gasteiger partial charge in [-0.1, -0.05) is 23.2 Å². The molecule has 1 aliphatic heterocycles. The first-order chi connectivity index (χ1) is 12.1. The van der Waals surface area contributed by atoms with Crippen molar-refractivity contribution in [2.24, 2.45) is 0 Å². The molecule has 1 fully saturated rings. The summed E-state index contributed by atoms with van der Waals surface area (Å²) in [4.78, 5) is 14.4. The van der Waals surface area contributed by atoms with Crippen molar-refractivity contribution in [1.82, 2.24) is 15.1 Å². The van der Waals surface area contributed by atoms with Crippen molar-refractivity contribution in [3.63, 3.8) is 0 Å². The summed E-state index contributed by atoms with van der Waals surface area (Å²) in [6, 6.07) is 8.25. The highest BCUT2D eigenvalue weighted by atomic mass is 35.5. The van der Waals surface area contributed by atoms with Gasteiger partial charge in [0.25, 0.3) is 5.91 Å². The maximum atomic E-state index is 12.7. The number of hydrogen-bond acceptors (Lipinski definition) is 5. The molecular formula is C17H17Cl2N3O3. The van der Waals surface area contributed by atoms with E-state index in [0.29, 0.717) is 40.5 Å². The number of rotatable bonds is 4. The number of benzene rings is 1. The van der Waals surface area contributed by atoms with Crippen molar-refractivity contribution >= 4 is 29.1 Å². The molecule has 1 aliphatic rings. The second-order valence-corrected chi connectivity index (χ2v) is 6.51. The number of halogens is 2. The third-order valence-electron chi connectivity index (χ3n) is 3.94. The van der Waals surface area contributed by atoms with Crippen LogP contribution in [0.25, 0.3) is 0 Å². The number of aromatic nitrogens is 2. The van der Waals surface area contributed by atoms with E-state index in [0.717, 1.165) is 12.8 Å². The molecule has 3 rings (SSSR count). The summed E-state index contributed by atoms with van der Waals surface area (Å²) in [7, 11) is 1.52. The Morgan fingerprint density at radius 1 is 1.20 bits per heavy atom. The van der Waals surface area contributed by atoms with Gasteiger partial charge in [-0.25, -0.2) is 0 Å². The third kappa shape index (κ3) is 4.32. The van der Waals surface area contributed by atoms with Crippen LogP contribution >= 0.6 is 23.2 Å². The molecule has 132 valence electrons. The molecule has 0 N–H and O–H groups in total. The van der Waals surface area contributed by atoms with E-state index in [-0.39, 0.29) is 12.0 Å². The topological polar surface area (TPSA) is 64.6 Å². The van der Waals surface area contributed by atoms with Gasteiger partial charge in [0, 0.05) is 23.7 Å². The van der Waals surface area contributed by atoms with Gasteiger partial charge in [0.15, 0.2) is 0 Å². The number of carbonyl (C=O) groups excluding carboxylic acids is 1. The molecule has 0 bridgehead atoms. The fraction of sp³-hybridized carbons (Fsp3) is 0.353. The van der Waals surface area contributed by atoms with E-state index in [4.69, 9.17) is 32.7 Å². The van der Waals surface area contributed by atoms with Gasteiger partial charge in [-0.3, -0.25) is 4.79 Å². The van der Waals surface area contributed by atoms with E-state index in [2.05, 4.69) is 10.2 Å². The monoisotopic (exact) mass is 381 g/mol. The minimum absolute atomic E-state index is 0.129. The highest BCUT2D eigenvalue weighted by Gasteiger charge is 2.27. The molecule has 0 radical (unpaired) electrons. The molecule has 1 aromatic carbocycles. The summed E-state index contributed by atoms with van der Waals surface area (Å²) in [5, 5.41) is 8.68. The average molecular weight is 382 g/mol. The van der Waals surface area contributed by atoms with Crippen LogP contribution in [0.5, 0.6) is 11.8 Å². The fourth-order valence-electron chi connectivity index (χ4n) is 2.70. The molecule has 1 atom stereocenters. The minimum atomic E-state index is -0.147. The maximum absolute atomic E-state index is 12.7. The van der Waals surface area contributed by atoms with E-state index in [1.165, 1.54) is 7.11 Å². The van der Waals surface area contributed by atoms with Crippen molar-refractivity contribution in [2.75, 3.05) is 20.2 Å². The van der Waals surface area contributed by atoms with E-state index >= 15 is 0 Å². The van der Waals surface area contributed by atoms with Gasteiger partial charge in [0.05, 0.1) is 24.2 Å². The lowest BCUT2D eigenvalue weighted by Crippen LogP contribution is -2.44. The normalized spacial score (nSPS) is 17.2. The smallest absolute Gasteiger partial charge is 0.255 e. The van der Waals surface area contributed by atoms with Gasteiger partial charge >= 0.3 is 0 Å². The molecule has 1 amide bonds. The number of carbonyl (C=O) groups is 1. The zero-order valence-electron chi connectivity index (χ0n) is 13.6. The highest BCUT2D eigenvalue weighted by molar-refractivity contribution is 6.36. The van der Waals surface area contributed by atoms with Crippen molar-refractivity contribution < 1.29 is 14.3 Å². The van der Waals surface area contributed by atoms with Gasteiger partial charge in [-0.2, -0.15) is 0 Å². The standard InChI is InChI=1S/C17H17Cl2N3O3/c1-24-15-6-7-16(21-20-15)25-12-3-2-8-22(10-12)17(23)13-5-4-11(18)9-14(13)19/h4-7,9,12H,2-3,8,10H2,1H3. The maximum Gasteiger partial charge on any atom is 0.255 e. The van der Waals surface area contributed by atoms with Crippen LogP contribution < -0.4 is 9.47 Å². The number of ether oxygens (including phenoxy) is 2. The Labute approximate surface area is 155 Å². The Morgan fingerprint density at radius 2 is 1.96 bits per heavy atom. The van der Waals surface area contributed by atoms with E-state index in [1.54, 1.807) is 35.2 Å². The lowest BCUT2D eigenvalue weighted by molar-refractivity contribution is 0.0525. The zero-order chi connectivity index (χ0) is 17.8. The van der Waals surface area contributed by atoms with Crippen LogP contribution in [0.15, 0.2) is 30.3 Å². The molecule has 25 heavy (non-hydrogen) atoms. The van der Waals surface area contributed by atoms with Crippen LogP contribution in [0.4, 0.5) is 0 Å². The van der Waals surface area contributed by atoms with Crippen LogP contribution in [-0.4, -0.2) is 47.3 Å². The predicted octanol–water partition coefficient (Wildman–Crippen LogP) is 3.48. The first kappa shape index (κ1) is 17.8. The summed E-state index contributed by atoms with van der Waals surface area (Å²) >= 11 is 12.0. The fourth-order valence-corrected chi connectivity index (χ4v) is 3.19. The van der Waals surface area contributed by atoms with Crippen molar-refractivity contribution in [1.29, 1.82) is 0 Å². The summed E-state index contributed by atoms with van der Waals surface area (Å²) in [6.45, 7) is 1.12. The Bertz CT molecular complexity index is 755. The van der Waals surface area contributed by atoms with Crippen LogP contribution in [0.3, 0.4) is 0 Å². The van der Waals surface area contributed by atoms with Gasteiger partial charge in [0.2, 0.25) is 11.8 Å². The number of piperidine rings is 1. The highest BCUT2D eigenvalue weighted by Crippen LogP contribution is 2.24. The average Bonchev–Trinajstić information content (AvgIpc) is 2.62. The second-order valence-electron chi connectivity index (χ2n) is 5.67. The molecular weight excluding hydrogens is 365 g/mol. The molecule has 0 spiro atoms. The quantitative estimate of drug-likeness (QED) is 0.810. The molecule has 6 nitrogen and oxygen atoms in total. The number of likely N-dealkylation sites (tertiary alicyclic amines) is 1. The number of amides is 1. The molecule has 0 saturated carbocycles. The summed E-state index contributed by atoms with van der Waals surface area (Å²) in [5.41, 5.74) is 0.441. The number of hydrogen-bond donors (Lipinski definition) is 0. The molecule has 0 aliphatic carbocycles. The molecule has 1 saturated heterocycles. The lowest BCUT2D eigenvalue weighted by Gasteiger charge is -2.32. The van der Waals surface area contributed by atoms with E-state index < -0.39 is 0 Å². The molecule has 1 unspecified atom stereocenters. The van der Waals surface area contributed by atoms with Crippen LogP contribution in [0.1, 0.15) is 23.2 Å². The van der Waals surface area contributed by atoms with Crippen LogP contribution in [-0.2, 0) is 0 Å². The van der Waals surface area contributed by atoms with Gasteiger partial charge in [-0.05, 0) is 31.0 Å². The van der Waals surface area contributed by atoms with Gasteiger partial charge in [0.1, 0.15) is 6.10 Å². The molecule has 1 aromatic heterocycles. The summed E-state index contributed by atoms with van der Waals surface area (Å²) in [6.07, 6.45) is 1.53. The predicted molar refractivity (Wildman–Crippen MR) is 94.6 cm³/mol. The minimum Gasteiger partial charge on any atom is -0.480 e.